The van der Waals surface area contributed by atoms with Gasteiger partial charge in [-0.2, -0.15) is 0 Å². The Morgan fingerprint density at radius 3 is 1.29 bits per heavy atom. The van der Waals surface area contributed by atoms with Crippen LogP contribution in [-0.4, -0.2) is 107 Å². The second-order valence-electron chi connectivity index (χ2n) is 18.0. The molecule has 15 nitrogen and oxygen atoms in total. The number of amides is 1. The van der Waals surface area contributed by atoms with Gasteiger partial charge in [0.1, 0.15) is 19.3 Å². The molecule has 0 aliphatic rings. The van der Waals surface area contributed by atoms with Gasteiger partial charge in [0.05, 0.1) is 19.5 Å². The zero-order chi connectivity index (χ0) is 50.3. The van der Waals surface area contributed by atoms with Crippen LogP contribution in [0.25, 0.3) is 0 Å². The van der Waals surface area contributed by atoms with Gasteiger partial charge in [0, 0.05) is 25.8 Å². The third-order valence-corrected chi connectivity index (χ3v) is 11.6. The fourth-order valence-electron chi connectivity index (χ4n) is 7.64. The molecular formula is C53H92N2O13. The maximum atomic E-state index is 12.8. The summed E-state index contributed by atoms with van der Waals surface area (Å²) >= 11 is 0. The molecule has 0 aromatic heterocycles. The van der Waals surface area contributed by atoms with Gasteiger partial charge in [0.2, 0.25) is 5.91 Å². The largest absolute Gasteiger partial charge is 0.480 e. The van der Waals surface area contributed by atoms with E-state index >= 15 is 0 Å². The first kappa shape index (κ1) is 63.7. The number of hydrogen-bond acceptors (Lipinski definition) is 11. The molecule has 0 aliphatic carbocycles. The lowest BCUT2D eigenvalue weighted by atomic mass is 10.1. The first-order valence-corrected chi connectivity index (χ1v) is 26.4. The highest BCUT2D eigenvalue weighted by molar-refractivity contribution is 5.81. The molecular weight excluding hydrogens is 873 g/mol. The number of rotatable bonds is 49. The Hall–Kier alpha value is -4.27. The number of ether oxygens (including phenoxy) is 3. The van der Waals surface area contributed by atoms with Crippen molar-refractivity contribution in [1.29, 1.82) is 0 Å². The highest BCUT2D eigenvalue weighted by Gasteiger charge is 2.28. The normalized spacial score (nSPS) is 12.3. The Morgan fingerprint density at radius 2 is 0.868 bits per heavy atom. The van der Waals surface area contributed by atoms with Crippen LogP contribution in [0.2, 0.25) is 0 Å². The van der Waals surface area contributed by atoms with Crippen LogP contribution in [0, 0.1) is 0 Å². The molecule has 15 heteroatoms. The number of carbonyl (C=O) groups excluding carboxylic acids is 4. The zero-order valence-electron chi connectivity index (χ0n) is 42.2. The molecule has 0 aromatic carbocycles. The maximum Gasteiger partial charge on any atom is 0.320 e. The average molecular weight is 965 g/mol. The minimum Gasteiger partial charge on any atom is -0.480 e. The quantitative estimate of drug-likeness (QED) is 0.0193. The molecule has 2 unspecified atom stereocenters. The van der Waals surface area contributed by atoms with E-state index in [0.29, 0.717) is 19.3 Å². The molecule has 4 N–H and O–H groups in total. The molecule has 68 heavy (non-hydrogen) atoms. The molecule has 0 spiro atoms. The first-order valence-electron chi connectivity index (χ1n) is 26.4. The monoisotopic (exact) mass is 965 g/mol. The number of allylic oxidation sites excluding steroid dienone is 4. The molecule has 0 saturated heterocycles. The standard InChI is InChI=1S/C53H92N2O13/c1-3-5-7-9-11-13-15-17-19-21-23-25-27-29-31-36-50(61)66-43-45(68-52(63)37-32-30-28-26-24-22-20-18-16-14-12-10-8-6-4-2)44-67-51(62)39-38-47(56)54-40-34-33-35-46(53(64)65)55(41-48(57)58)42-49(59)60/h17-20,45-46H,3-16,21-44H2,1-2H3,(H,54,56)(H,57,58)(H,59,60)(H,64,65)/b19-17+,20-18+. The fourth-order valence-corrected chi connectivity index (χ4v) is 7.64. The van der Waals surface area contributed by atoms with Crippen LogP contribution in [-0.2, 0) is 47.8 Å². The first-order chi connectivity index (χ1) is 32.9. The number of hydrogen-bond donors (Lipinski definition) is 4. The van der Waals surface area contributed by atoms with Crippen molar-refractivity contribution in [2.24, 2.45) is 0 Å². The van der Waals surface area contributed by atoms with Gasteiger partial charge < -0.3 is 34.8 Å². The average Bonchev–Trinajstić information content (AvgIpc) is 3.29. The SMILES string of the molecule is CCCCCCCC/C=C/CCCCCCCC(=O)OCC(COC(=O)CCC(=O)NCCCCC(C(=O)O)N(CC(=O)O)CC(=O)O)OC(=O)CCCCCCC/C=C/CCCCCCCC. The summed E-state index contributed by atoms with van der Waals surface area (Å²) in [4.78, 5) is 85.3. The van der Waals surface area contributed by atoms with Gasteiger partial charge in [-0.15, -0.1) is 0 Å². The van der Waals surface area contributed by atoms with Crippen molar-refractivity contribution < 1.29 is 63.1 Å². The number of unbranched alkanes of at least 4 members (excludes halogenated alkanes) is 23. The van der Waals surface area contributed by atoms with Crippen molar-refractivity contribution in [3.05, 3.63) is 24.3 Å². The zero-order valence-corrected chi connectivity index (χ0v) is 42.2. The van der Waals surface area contributed by atoms with E-state index in [4.69, 9.17) is 24.4 Å². The van der Waals surface area contributed by atoms with Crippen molar-refractivity contribution in [2.45, 2.75) is 238 Å². The molecule has 1 amide bonds. The minimum atomic E-state index is -1.35. The van der Waals surface area contributed by atoms with Gasteiger partial charge in [0.15, 0.2) is 6.10 Å². The summed E-state index contributed by atoms with van der Waals surface area (Å²) in [6.45, 7) is 2.51. The Kier molecular flexibility index (Phi) is 43.5. The number of carboxylic acid groups (broad SMARTS) is 3. The lowest BCUT2D eigenvalue weighted by Crippen LogP contribution is -2.46. The van der Waals surface area contributed by atoms with E-state index < -0.39 is 67.0 Å². The van der Waals surface area contributed by atoms with Crippen LogP contribution in [0.3, 0.4) is 0 Å². The summed E-state index contributed by atoms with van der Waals surface area (Å²) in [5.41, 5.74) is 0. The van der Waals surface area contributed by atoms with E-state index in [1.165, 1.54) is 77.0 Å². The van der Waals surface area contributed by atoms with Crippen molar-refractivity contribution >= 4 is 41.7 Å². The molecule has 0 rings (SSSR count). The van der Waals surface area contributed by atoms with Crippen LogP contribution in [0.1, 0.15) is 226 Å². The van der Waals surface area contributed by atoms with Crippen LogP contribution in [0.4, 0.5) is 0 Å². The third-order valence-electron chi connectivity index (χ3n) is 11.6. The minimum absolute atomic E-state index is 0.0334. The summed E-state index contributed by atoms with van der Waals surface area (Å²) in [5.74, 6) is -6.11. The van der Waals surface area contributed by atoms with E-state index in [0.717, 1.165) is 81.9 Å². The molecule has 392 valence electrons. The van der Waals surface area contributed by atoms with Crippen LogP contribution in [0.5, 0.6) is 0 Å². The van der Waals surface area contributed by atoms with Crippen molar-refractivity contribution in [3.8, 4) is 0 Å². The van der Waals surface area contributed by atoms with Gasteiger partial charge in [0.25, 0.3) is 0 Å². The molecule has 0 radical (unpaired) electrons. The predicted molar refractivity (Wildman–Crippen MR) is 265 cm³/mol. The Labute approximate surface area is 409 Å². The smallest absolute Gasteiger partial charge is 0.320 e. The topological polar surface area (TPSA) is 223 Å². The number of nitrogens with one attached hydrogen (secondary N) is 1. The van der Waals surface area contributed by atoms with Crippen molar-refractivity contribution in [3.63, 3.8) is 0 Å². The molecule has 0 aromatic rings. The van der Waals surface area contributed by atoms with Gasteiger partial charge in [-0.1, -0.05) is 141 Å². The van der Waals surface area contributed by atoms with Gasteiger partial charge in [-0.25, -0.2) is 0 Å². The van der Waals surface area contributed by atoms with Crippen molar-refractivity contribution in [2.75, 3.05) is 32.8 Å². The predicted octanol–water partition coefficient (Wildman–Crippen LogP) is 11.1. The lowest BCUT2D eigenvalue weighted by molar-refractivity contribution is -0.167. The Bertz CT molecular complexity index is 1390. The highest BCUT2D eigenvalue weighted by atomic mass is 16.6. The Morgan fingerprint density at radius 1 is 0.471 bits per heavy atom. The van der Waals surface area contributed by atoms with Crippen LogP contribution >= 0.6 is 0 Å². The van der Waals surface area contributed by atoms with E-state index in [1.807, 2.05) is 0 Å². The Balaban J connectivity index is 4.74. The number of aliphatic carboxylic acids is 3. The van der Waals surface area contributed by atoms with Crippen molar-refractivity contribution in [1.82, 2.24) is 10.2 Å². The van der Waals surface area contributed by atoms with E-state index in [9.17, 15) is 38.7 Å². The number of carboxylic acids is 3. The molecule has 0 heterocycles. The van der Waals surface area contributed by atoms with E-state index in [2.05, 4.69) is 43.5 Å². The van der Waals surface area contributed by atoms with Crippen LogP contribution in [0.15, 0.2) is 24.3 Å². The lowest BCUT2D eigenvalue weighted by Gasteiger charge is -2.25. The molecule has 0 fully saturated rings. The molecule has 0 aliphatic heterocycles. The summed E-state index contributed by atoms with van der Waals surface area (Å²) in [6, 6.07) is -1.33. The summed E-state index contributed by atoms with van der Waals surface area (Å²) in [5, 5.41) is 30.3. The second kappa shape index (κ2) is 46.5. The number of carbonyl (C=O) groups is 7. The molecule has 0 saturated carbocycles. The van der Waals surface area contributed by atoms with Gasteiger partial charge >= 0.3 is 35.8 Å². The summed E-state index contributed by atoms with van der Waals surface area (Å²) < 4.78 is 16.4. The second-order valence-corrected chi connectivity index (χ2v) is 18.0. The summed E-state index contributed by atoms with van der Waals surface area (Å²) in [7, 11) is 0. The third kappa shape index (κ3) is 43.0. The fraction of sp³-hybridized carbons (Fsp3) is 0.792. The van der Waals surface area contributed by atoms with Crippen LogP contribution < -0.4 is 5.32 Å². The molecule has 2 atom stereocenters. The molecule has 0 bridgehead atoms. The number of esters is 3. The maximum absolute atomic E-state index is 12.8. The highest BCUT2D eigenvalue weighted by Crippen LogP contribution is 2.14. The van der Waals surface area contributed by atoms with Gasteiger partial charge in [-0.3, -0.25) is 38.5 Å². The van der Waals surface area contributed by atoms with E-state index in [1.54, 1.807) is 0 Å². The number of nitrogens with zero attached hydrogens (tertiary/aromatic N) is 1. The van der Waals surface area contributed by atoms with Gasteiger partial charge in [-0.05, 0) is 83.5 Å². The summed E-state index contributed by atoms with van der Waals surface area (Å²) in [6.07, 6.45) is 38.3. The van der Waals surface area contributed by atoms with E-state index in [-0.39, 0.29) is 58.3 Å².